The minimum absolute atomic E-state index is 0.294. The minimum Gasteiger partial charge on any atom is -0.394 e. The summed E-state index contributed by atoms with van der Waals surface area (Å²) in [5, 5.41) is 80.4. The molecular formula is C17H16N8O11. The Morgan fingerprint density at radius 1 is 0.833 bits per heavy atom. The van der Waals surface area contributed by atoms with Gasteiger partial charge >= 0.3 is 11.4 Å². The van der Waals surface area contributed by atoms with Crippen molar-refractivity contribution in [3.63, 3.8) is 0 Å². The summed E-state index contributed by atoms with van der Waals surface area (Å²) in [6, 6.07) is 5.17. The molecule has 0 spiro atoms. The molecule has 2 aromatic carbocycles. The second-order valence-electron chi connectivity index (χ2n) is 6.64. The predicted octanol–water partition coefficient (Wildman–Crippen LogP) is 0.899. The topological polar surface area (TPSA) is 282 Å². The molecule has 19 nitrogen and oxygen atoms in total. The molecule has 0 fully saturated rings. The van der Waals surface area contributed by atoms with Gasteiger partial charge in [0.05, 0.1) is 44.6 Å². The zero-order valence-corrected chi connectivity index (χ0v) is 17.7. The third-order valence-corrected chi connectivity index (χ3v) is 4.32. The maximum Gasteiger partial charge on any atom is 0.301 e. The molecule has 0 radical (unpaired) electrons. The fraction of sp³-hybridized carbons (Fsp3) is 0.176. The molecule has 0 aromatic heterocycles. The Morgan fingerprint density at radius 2 is 1.31 bits per heavy atom. The average molecular weight is 508 g/mol. The van der Waals surface area contributed by atoms with Gasteiger partial charge in [-0.2, -0.15) is 10.2 Å². The van der Waals surface area contributed by atoms with Gasteiger partial charge in [-0.1, -0.05) is 0 Å². The van der Waals surface area contributed by atoms with Crippen molar-refractivity contribution in [2.24, 2.45) is 10.2 Å². The number of benzene rings is 2. The maximum absolute atomic E-state index is 11.3. The van der Waals surface area contributed by atoms with Crippen LogP contribution < -0.4 is 10.9 Å². The maximum atomic E-state index is 11.3. The molecule has 0 amide bonds. The van der Waals surface area contributed by atoms with E-state index in [9.17, 15) is 50.7 Å². The molecule has 0 heterocycles. The van der Waals surface area contributed by atoms with Crippen LogP contribution in [0.1, 0.15) is 0 Å². The van der Waals surface area contributed by atoms with E-state index in [1.807, 2.05) is 0 Å². The van der Waals surface area contributed by atoms with Crippen molar-refractivity contribution in [2.75, 3.05) is 17.5 Å². The molecule has 19 heteroatoms. The Morgan fingerprint density at radius 3 is 1.72 bits per heavy atom. The Balaban J connectivity index is 2.39. The molecule has 190 valence electrons. The van der Waals surface area contributed by atoms with E-state index in [4.69, 9.17) is 5.11 Å². The summed E-state index contributed by atoms with van der Waals surface area (Å²) in [7, 11) is 0. The Kier molecular flexibility index (Phi) is 8.90. The number of hydrogen-bond acceptors (Lipinski definition) is 15. The quantitative estimate of drug-likeness (QED) is 0.151. The lowest BCUT2D eigenvalue weighted by molar-refractivity contribution is -0.393. The number of rotatable bonds is 12. The van der Waals surface area contributed by atoms with Gasteiger partial charge in [0.1, 0.15) is 29.3 Å². The lowest BCUT2D eigenvalue weighted by Gasteiger charge is -2.15. The molecule has 0 aliphatic rings. The third kappa shape index (κ3) is 6.69. The number of aliphatic hydroxyl groups excluding tert-OH is 3. The van der Waals surface area contributed by atoms with Crippen LogP contribution in [0.3, 0.4) is 0 Å². The SMILES string of the molecule is O=[N+]([O-])c1ccc(N/N=C/C(=N\Nc2ccc([N+](=O)[O-])cc2[N+](=O)[O-])C(O)C(O)CO)c([N+](=O)[O-])c1. The van der Waals surface area contributed by atoms with Gasteiger partial charge in [0, 0.05) is 12.1 Å². The van der Waals surface area contributed by atoms with Crippen LogP contribution in [0.4, 0.5) is 34.1 Å². The van der Waals surface area contributed by atoms with Gasteiger partial charge in [-0.05, 0) is 12.1 Å². The molecule has 2 rings (SSSR count). The van der Waals surface area contributed by atoms with E-state index < -0.39 is 67.0 Å². The standard InChI is InChI=1S/C17H16N8O11/c26-8-16(27)17(28)13(21-20-12-4-2-10(23(31)32)6-15(12)25(35)36)7-18-19-11-3-1-9(22(29)30)5-14(11)24(33)34/h1-7,16-17,19-20,26-28H,8H2/b18-7+,21-13+. The minimum atomic E-state index is -1.92. The number of nitro benzene ring substituents is 4. The third-order valence-electron chi connectivity index (χ3n) is 4.32. The van der Waals surface area contributed by atoms with Gasteiger partial charge in [-0.3, -0.25) is 51.3 Å². The number of aliphatic hydroxyl groups is 3. The van der Waals surface area contributed by atoms with E-state index in [2.05, 4.69) is 21.1 Å². The molecule has 2 aromatic rings. The first kappa shape index (κ1) is 27.1. The summed E-state index contributed by atoms with van der Waals surface area (Å²) >= 11 is 0. The largest absolute Gasteiger partial charge is 0.394 e. The number of hydrogen-bond donors (Lipinski definition) is 5. The predicted molar refractivity (Wildman–Crippen MR) is 122 cm³/mol. The van der Waals surface area contributed by atoms with Crippen molar-refractivity contribution >= 4 is 46.1 Å². The summed E-state index contributed by atoms with van der Waals surface area (Å²) < 4.78 is 0. The average Bonchev–Trinajstić information content (AvgIpc) is 2.84. The van der Waals surface area contributed by atoms with Crippen LogP contribution in [0.5, 0.6) is 0 Å². The zero-order chi connectivity index (χ0) is 27.0. The van der Waals surface area contributed by atoms with E-state index in [-0.39, 0.29) is 11.4 Å². The van der Waals surface area contributed by atoms with Crippen molar-refractivity contribution in [1.82, 2.24) is 0 Å². The summed E-state index contributed by atoms with van der Waals surface area (Å²) in [5.74, 6) is 0. The number of nitrogens with zero attached hydrogens (tertiary/aromatic N) is 6. The molecular weight excluding hydrogens is 492 g/mol. The second-order valence-corrected chi connectivity index (χ2v) is 6.64. The van der Waals surface area contributed by atoms with Crippen molar-refractivity contribution < 1.29 is 35.0 Å². The van der Waals surface area contributed by atoms with Crippen LogP contribution >= 0.6 is 0 Å². The van der Waals surface area contributed by atoms with Crippen LogP contribution in [-0.4, -0.2) is 65.8 Å². The lowest BCUT2D eigenvalue weighted by atomic mass is 10.1. The van der Waals surface area contributed by atoms with Gasteiger partial charge in [0.25, 0.3) is 11.4 Å². The summed E-state index contributed by atoms with van der Waals surface area (Å²) in [5.41, 5.74) is 0.612. The molecule has 2 atom stereocenters. The Bertz CT molecular complexity index is 1250. The van der Waals surface area contributed by atoms with Crippen molar-refractivity contribution in [3.8, 4) is 0 Å². The van der Waals surface area contributed by atoms with Crippen molar-refractivity contribution in [1.29, 1.82) is 0 Å². The van der Waals surface area contributed by atoms with Crippen LogP contribution in [0.15, 0.2) is 46.6 Å². The lowest BCUT2D eigenvalue weighted by Crippen LogP contribution is -2.37. The highest BCUT2D eigenvalue weighted by Gasteiger charge is 2.23. The van der Waals surface area contributed by atoms with Crippen molar-refractivity contribution in [2.45, 2.75) is 12.2 Å². The zero-order valence-electron chi connectivity index (χ0n) is 17.7. The van der Waals surface area contributed by atoms with E-state index in [0.29, 0.717) is 12.1 Å². The highest BCUT2D eigenvalue weighted by atomic mass is 16.6. The molecule has 2 unspecified atom stereocenters. The number of non-ortho nitro benzene ring substituents is 2. The first-order valence-corrected chi connectivity index (χ1v) is 9.41. The van der Waals surface area contributed by atoms with E-state index in [0.717, 1.165) is 30.5 Å². The summed E-state index contributed by atoms with van der Waals surface area (Å²) in [4.78, 5) is 40.6. The van der Waals surface area contributed by atoms with Gasteiger partial charge in [-0.15, -0.1) is 0 Å². The normalized spacial score (nSPS) is 13.1. The van der Waals surface area contributed by atoms with Crippen LogP contribution in [0.2, 0.25) is 0 Å². The van der Waals surface area contributed by atoms with Gasteiger partial charge in [0.2, 0.25) is 0 Å². The van der Waals surface area contributed by atoms with E-state index in [1.165, 1.54) is 0 Å². The highest BCUT2D eigenvalue weighted by molar-refractivity contribution is 6.33. The number of hydrazone groups is 2. The van der Waals surface area contributed by atoms with Gasteiger partial charge in [-0.25, -0.2) is 0 Å². The highest BCUT2D eigenvalue weighted by Crippen LogP contribution is 2.30. The van der Waals surface area contributed by atoms with Gasteiger partial charge < -0.3 is 15.3 Å². The van der Waals surface area contributed by atoms with Gasteiger partial charge in [0.15, 0.2) is 0 Å². The molecule has 0 bridgehead atoms. The first-order chi connectivity index (χ1) is 17.0. The second kappa shape index (κ2) is 11.8. The van der Waals surface area contributed by atoms with E-state index >= 15 is 0 Å². The molecule has 36 heavy (non-hydrogen) atoms. The smallest absolute Gasteiger partial charge is 0.301 e. The first-order valence-electron chi connectivity index (χ1n) is 9.41. The fourth-order valence-electron chi connectivity index (χ4n) is 2.52. The summed E-state index contributed by atoms with van der Waals surface area (Å²) in [6.45, 7) is -0.938. The van der Waals surface area contributed by atoms with Crippen LogP contribution in [0.25, 0.3) is 0 Å². The molecule has 0 saturated carbocycles. The molecule has 5 N–H and O–H groups in total. The van der Waals surface area contributed by atoms with Crippen molar-refractivity contribution in [3.05, 3.63) is 76.9 Å². The number of nitrogens with one attached hydrogen (secondary N) is 2. The van der Waals surface area contributed by atoms with Crippen LogP contribution in [0, 0.1) is 40.5 Å². The molecule has 0 aliphatic carbocycles. The summed E-state index contributed by atoms with van der Waals surface area (Å²) in [6.07, 6.45) is -2.98. The Labute approximate surface area is 198 Å². The fourth-order valence-corrected chi connectivity index (χ4v) is 2.52. The molecule has 0 saturated heterocycles. The number of anilines is 2. The Hall–Kier alpha value is -5.14. The van der Waals surface area contributed by atoms with Crippen LogP contribution in [-0.2, 0) is 0 Å². The molecule has 0 aliphatic heterocycles. The monoisotopic (exact) mass is 508 g/mol. The number of nitro groups is 4. The van der Waals surface area contributed by atoms with E-state index in [1.54, 1.807) is 0 Å².